The molecule has 2 aliphatic rings. The van der Waals surface area contributed by atoms with Crippen molar-refractivity contribution in [3.8, 4) is 0 Å². The van der Waals surface area contributed by atoms with Gasteiger partial charge >= 0.3 is 0 Å². The standard InChI is InChI=1S/C23H24ClN3O3S2/c24-18-10-9-16(14-21(18)32(29,30)27-12-3-4-13-27)23(28)26-11-5-6-17(15-26)22-25-19-7-1-2-8-20(19)31-22/h1-2,7-10,14,17H,3-6,11-13,15H2. The number of para-hydroxylation sites is 1. The first-order valence-corrected chi connectivity index (χ1v) is 13.5. The fourth-order valence-corrected chi connectivity index (χ4v) is 7.62. The lowest BCUT2D eigenvalue weighted by atomic mass is 9.98. The summed E-state index contributed by atoms with van der Waals surface area (Å²) >= 11 is 7.94. The van der Waals surface area contributed by atoms with Crippen molar-refractivity contribution in [3.63, 3.8) is 0 Å². The molecular formula is C23H24ClN3O3S2. The highest BCUT2D eigenvalue weighted by Crippen LogP contribution is 2.34. The van der Waals surface area contributed by atoms with Gasteiger partial charge in [0, 0.05) is 37.7 Å². The number of amides is 1. The molecule has 5 rings (SSSR count). The minimum atomic E-state index is -3.70. The van der Waals surface area contributed by atoms with Crippen LogP contribution in [0, 0.1) is 0 Å². The summed E-state index contributed by atoms with van der Waals surface area (Å²) in [5.41, 5.74) is 1.35. The van der Waals surface area contributed by atoms with Gasteiger partial charge in [0.15, 0.2) is 0 Å². The van der Waals surface area contributed by atoms with Crippen LogP contribution in [0.15, 0.2) is 47.4 Å². The van der Waals surface area contributed by atoms with Gasteiger partial charge in [-0.05, 0) is 56.0 Å². The number of aromatic nitrogens is 1. The van der Waals surface area contributed by atoms with Crippen molar-refractivity contribution in [3.05, 3.63) is 58.1 Å². The number of likely N-dealkylation sites (tertiary alicyclic amines) is 1. The largest absolute Gasteiger partial charge is 0.338 e. The normalized spacial score (nSPS) is 20.2. The molecule has 2 aromatic carbocycles. The molecule has 9 heteroatoms. The van der Waals surface area contributed by atoms with Gasteiger partial charge in [0.1, 0.15) is 4.90 Å². The van der Waals surface area contributed by atoms with Gasteiger partial charge in [-0.3, -0.25) is 4.79 Å². The van der Waals surface area contributed by atoms with Gasteiger partial charge in [-0.15, -0.1) is 11.3 Å². The number of hydrogen-bond donors (Lipinski definition) is 0. The van der Waals surface area contributed by atoms with Crippen LogP contribution >= 0.6 is 22.9 Å². The number of nitrogens with zero attached hydrogens (tertiary/aromatic N) is 3. The second kappa shape index (κ2) is 8.74. The first-order valence-electron chi connectivity index (χ1n) is 10.9. The van der Waals surface area contributed by atoms with E-state index in [1.165, 1.54) is 16.4 Å². The molecule has 6 nitrogen and oxygen atoms in total. The van der Waals surface area contributed by atoms with Gasteiger partial charge in [-0.2, -0.15) is 4.31 Å². The number of halogens is 1. The van der Waals surface area contributed by atoms with Gasteiger partial charge < -0.3 is 4.90 Å². The van der Waals surface area contributed by atoms with Crippen LogP contribution < -0.4 is 0 Å². The van der Waals surface area contributed by atoms with Crippen molar-refractivity contribution in [2.45, 2.75) is 36.5 Å². The molecule has 1 atom stereocenters. The van der Waals surface area contributed by atoms with Crippen LogP contribution in [0.3, 0.4) is 0 Å². The number of carbonyl (C=O) groups is 1. The summed E-state index contributed by atoms with van der Waals surface area (Å²) < 4.78 is 28.7. The molecule has 1 unspecified atom stereocenters. The maximum Gasteiger partial charge on any atom is 0.253 e. The Morgan fingerprint density at radius 3 is 2.62 bits per heavy atom. The molecule has 0 bridgehead atoms. The second-order valence-electron chi connectivity index (χ2n) is 8.37. The third-order valence-electron chi connectivity index (χ3n) is 6.23. The molecule has 0 aliphatic carbocycles. The number of thiazole rings is 1. The Bertz CT molecular complexity index is 1240. The molecule has 2 fully saturated rings. The average molecular weight is 490 g/mol. The molecule has 0 saturated carbocycles. The van der Waals surface area contributed by atoms with E-state index in [4.69, 9.17) is 16.6 Å². The summed E-state index contributed by atoms with van der Waals surface area (Å²) in [7, 11) is -3.70. The van der Waals surface area contributed by atoms with E-state index in [0.717, 1.165) is 40.9 Å². The number of piperidine rings is 1. The van der Waals surface area contributed by atoms with Crippen molar-refractivity contribution < 1.29 is 13.2 Å². The van der Waals surface area contributed by atoms with Gasteiger partial charge in [-0.1, -0.05) is 23.7 Å². The number of benzene rings is 2. The third-order valence-corrected chi connectivity index (χ3v) is 9.81. The van der Waals surface area contributed by atoms with Crippen LogP contribution in [-0.4, -0.2) is 54.7 Å². The molecule has 2 saturated heterocycles. The van der Waals surface area contributed by atoms with E-state index < -0.39 is 10.0 Å². The Morgan fingerprint density at radius 2 is 1.84 bits per heavy atom. The zero-order valence-electron chi connectivity index (χ0n) is 17.5. The molecule has 32 heavy (non-hydrogen) atoms. The summed E-state index contributed by atoms with van der Waals surface area (Å²) in [6, 6.07) is 12.7. The summed E-state index contributed by atoms with van der Waals surface area (Å²) in [6.45, 7) is 2.21. The molecule has 3 heterocycles. The summed E-state index contributed by atoms with van der Waals surface area (Å²) in [5, 5.41) is 1.21. The van der Waals surface area contributed by atoms with E-state index in [0.29, 0.717) is 31.7 Å². The van der Waals surface area contributed by atoms with E-state index in [-0.39, 0.29) is 21.7 Å². The molecule has 3 aromatic rings. The molecule has 0 N–H and O–H groups in total. The molecule has 0 radical (unpaired) electrons. The Kier molecular flexibility index (Phi) is 5.96. The zero-order valence-corrected chi connectivity index (χ0v) is 19.9. The molecule has 2 aliphatic heterocycles. The highest BCUT2D eigenvalue weighted by Gasteiger charge is 2.32. The van der Waals surface area contributed by atoms with Crippen LogP contribution in [0.5, 0.6) is 0 Å². The third kappa shape index (κ3) is 4.05. The SMILES string of the molecule is O=C(c1ccc(Cl)c(S(=O)(=O)N2CCCC2)c1)N1CCCC(c2nc3ccccc3s2)C1. The zero-order chi connectivity index (χ0) is 22.3. The van der Waals surface area contributed by atoms with Gasteiger partial charge in [0.05, 0.1) is 20.2 Å². The van der Waals surface area contributed by atoms with E-state index in [1.54, 1.807) is 17.4 Å². The Labute approximate surface area is 196 Å². The van der Waals surface area contributed by atoms with Crippen LogP contribution in [-0.2, 0) is 10.0 Å². The fourth-order valence-electron chi connectivity index (χ4n) is 4.51. The quantitative estimate of drug-likeness (QED) is 0.530. The maximum absolute atomic E-state index is 13.3. The lowest BCUT2D eigenvalue weighted by Crippen LogP contribution is -2.39. The van der Waals surface area contributed by atoms with Crippen molar-refractivity contribution >= 4 is 49.1 Å². The highest BCUT2D eigenvalue weighted by molar-refractivity contribution is 7.89. The molecule has 168 valence electrons. The fraction of sp³-hybridized carbons (Fsp3) is 0.391. The maximum atomic E-state index is 13.3. The molecule has 0 spiro atoms. The second-order valence-corrected chi connectivity index (χ2v) is 11.7. The first-order chi connectivity index (χ1) is 15.4. The smallest absolute Gasteiger partial charge is 0.253 e. The Morgan fingerprint density at radius 1 is 1.06 bits per heavy atom. The number of fused-ring (bicyclic) bond motifs is 1. The average Bonchev–Trinajstić information content (AvgIpc) is 3.49. The minimum absolute atomic E-state index is 0.0200. The van der Waals surface area contributed by atoms with Crippen LogP contribution in [0.25, 0.3) is 10.2 Å². The Balaban J connectivity index is 1.39. The summed E-state index contributed by atoms with van der Waals surface area (Å²) in [6.07, 6.45) is 3.56. The lowest BCUT2D eigenvalue weighted by molar-refractivity contribution is 0.0707. The number of sulfonamides is 1. The van der Waals surface area contributed by atoms with Crippen molar-refractivity contribution in [1.82, 2.24) is 14.2 Å². The monoisotopic (exact) mass is 489 g/mol. The molecule has 1 amide bonds. The van der Waals surface area contributed by atoms with Crippen LogP contribution in [0.4, 0.5) is 0 Å². The Hall–Kier alpha value is -2.00. The van der Waals surface area contributed by atoms with E-state index in [9.17, 15) is 13.2 Å². The summed E-state index contributed by atoms with van der Waals surface area (Å²) in [4.78, 5) is 19.9. The van der Waals surface area contributed by atoms with Gasteiger partial charge in [0.2, 0.25) is 10.0 Å². The number of rotatable bonds is 4. The van der Waals surface area contributed by atoms with Crippen molar-refractivity contribution in [2.75, 3.05) is 26.2 Å². The van der Waals surface area contributed by atoms with E-state index >= 15 is 0 Å². The topological polar surface area (TPSA) is 70.6 Å². The predicted molar refractivity (Wildman–Crippen MR) is 127 cm³/mol. The minimum Gasteiger partial charge on any atom is -0.338 e. The van der Waals surface area contributed by atoms with E-state index in [1.807, 2.05) is 23.1 Å². The van der Waals surface area contributed by atoms with Crippen molar-refractivity contribution in [2.24, 2.45) is 0 Å². The van der Waals surface area contributed by atoms with Gasteiger partial charge in [0.25, 0.3) is 5.91 Å². The van der Waals surface area contributed by atoms with Crippen LogP contribution in [0.1, 0.15) is 47.0 Å². The van der Waals surface area contributed by atoms with Crippen molar-refractivity contribution in [1.29, 1.82) is 0 Å². The lowest BCUT2D eigenvalue weighted by Gasteiger charge is -2.32. The molecule has 1 aromatic heterocycles. The van der Waals surface area contributed by atoms with E-state index in [2.05, 4.69) is 6.07 Å². The van der Waals surface area contributed by atoms with Gasteiger partial charge in [-0.25, -0.2) is 13.4 Å². The predicted octanol–water partition coefficient (Wildman–Crippen LogP) is 4.75. The van der Waals surface area contributed by atoms with Crippen LogP contribution in [0.2, 0.25) is 5.02 Å². The first kappa shape index (κ1) is 21.8. The highest BCUT2D eigenvalue weighted by atomic mass is 35.5. The summed E-state index contributed by atoms with van der Waals surface area (Å²) in [5.74, 6) is 0.0237. The number of carbonyl (C=O) groups excluding carboxylic acids is 1. The molecular weight excluding hydrogens is 466 g/mol. The number of hydrogen-bond acceptors (Lipinski definition) is 5.